The lowest BCUT2D eigenvalue weighted by Gasteiger charge is -2.13. The zero-order valence-electron chi connectivity index (χ0n) is 10.2. The number of rotatable bonds is 5. The molecule has 0 atom stereocenters. The molecule has 0 aromatic carbocycles. The maximum absolute atomic E-state index is 11.4. The van der Waals surface area contributed by atoms with Gasteiger partial charge in [-0.15, -0.1) is 0 Å². The fraction of sp³-hybridized carbons (Fsp3) is 0.667. The van der Waals surface area contributed by atoms with Gasteiger partial charge >= 0.3 is 11.9 Å². The summed E-state index contributed by atoms with van der Waals surface area (Å²) in [5, 5.41) is 0. The van der Waals surface area contributed by atoms with Gasteiger partial charge in [0.15, 0.2) is 0 Å². The Morgan fingerprint density at radius 2 is 1.82 bits per heavy atom. The summed E-state index contributed by atoms with van der Waals surface area (Å²) in [6.07, 6.45) is 3.69. The molecule has 0 saturated carbocycles. The molecule has 1 fully saturated rings. The predicted octanol–water partition coefficient (Wildman–Crippen LogP) is 1.41. The molecule has 1 saturated heterocycles. The summed E-state index contributed by atoms with van der Waals surface area (Å²) in [6, 6.07) is 0. The second kappa shape index (κ2) is 7.37. The average Bonchev–Trinajstić information content (AvgIpc) is 2.30. The SMILES string of the molecule is C=C(C)C(=O)OCOC(=O)C[S+]1CCCCC1. The molecule has 0 aromatic heterocycles. The Kier molecular flexibility index (Phi) is 6.11. The third-order valence-electron chi connectivity index (χ3n) is 2.45. The number of esters is 2. The van der Waals surface area contributed by atoms with Crippen LogP contribution in [0.15, 0.2) is 12.2 Å². The number of hydrogen-bond acceptors (Lipinski definition) is 4. The Hall–Kier alpha value is -0.970. The van der Waals surface area contributed by atoms with Crippen LogP contribution in [0.5, 0.6) is 0 Å². The lowest BCUT2D eigenvalue weighted by atomic mass is 10.3. The van der Waals surface area contributed by atoms with Crippen molar-refractivity contribution in [3.05, 3.63) is 12.2 Å². The summed E-state index contributed by atoms with van der Waals surface area (Å²) < 4.78 is 9.53. The first-order valence-corrected chi connectivity index (χ1v) is 7.45. The van der Waals surface area contributed by atoms with E-state index in [1.165, 1.54) is 19.3 Å². The lowest BCUT2D eigenvalue weighted by Crippen LogP contribution is -2.27. The molecular weight excluding hydrogens is 240 g/mol. The summed E-state index contributed by atoms with van der Waals surface area (Å²) in [5.74, 6) is 1.91. The van der Waals surface area contributed by atoms with Gasteiger partial charge < -0.3 is 9.47 Å². The summed E-state index contributed by atoms with van der Waals surface area (Å²) >= 11 is 0. The van der Waals surface area contributed by atoms with Crippen LogP contribution in [-0.4, -0.2) is 36.0 Å². The van der Waals surface area contributed by atoms with Crippen LogP contribution in [0.1, 0.15) is 26.2 Å². The molecule has 0 N–H and O–H groups in total. The Bertz CT molecular complexity index is 295. The minimum absolute atomic E-state index is 0.170. The van der Waals surface area contributed by atoms with E-state index >= 15 is 0 Å². The Labute approximate surface area is 105 Å². The second-order valence-electron chi connectivity index (χ2n) is 4.07. The van der Waals surface area contributed by atoms with E-state index in [0.717, 1.165) is 11.5 Å². The quantitative estimate of drug-likeness (QED) is 0.324. The van der Waals surface area contributed by atoms with Gasteiger partial charge in [-0.05, 0) is 37.1 Å². The molecular formula is C12H19O4S+. The van der Waals surface area contributed by atoms with E-state index in [2.05, 4.69) is 11.3 Å². The topological polar surface area (TPSA) is 52.6 Å². The van der Waals surface area contributed by atoms with E-state index in [-0.39, 0.29) is 23.7 Å². The highest BCUT2D eigenvalue weighted by atomic mass is 32.2. The molecule has 0 spiro atoms. The standard InChI is InChI=1S/C12H19O4S/c1-10(2)12(14)16-9-15-11(13)8-17-6-4-3-5-7-17/h1,3-9H2,2H3/q+1. The summed E-state index contributed by atoms with van der Waals surface area (Å²) in [6.45, 7) is 4.68. The van der Waals surface area contributed by atoms with Crippen LogP contribution in [0, 0.1) is 0 Å². The van der Waals surface area contributed by atoms with Crippen LogP contribution in [0.3, 0.4) is 0 Å². The van der Waals surface area contributed by atoms with Crippen molar-refractivity contribution in [1.29, 1.82) is 0 Å². The van der Waals surface area contributed by atoms with Crippen molar-refractivity contribution >= 4 is 22.8 Å². The third-order valence-corrected chi connectivity index (χ3v) is 4.82. The van der Waals surface area contributed by atoms with Crippen LogP contribution in [0.2, 0.25) is 0 Å². The van der Waals surface area contributed by atoms with Crippen molar-refractivity contribution in [3.63, 3.8) is 0 Å². The average molecular weight is 259 g/mol. The number of carbonyl (C=O) groups excluding carboxylic acids is 2. The van der Waals surface area contributed by atoms with Crippen molar-refractivity contribution in [1.82, 2.24) is 0 Å². The van der Waals surface area contributed by atoms with Crippen molar-refractivity contribution < 1.29 is 19.1 Å². The van der Waals surface area contributed by atoms with E-state index in [9.17, 15) is 9.59 Å². The molecule has 0 unspecified atom stereocenters. The van der Waals surface area contributed by atoms with Gasteiger partial charge in [-0.1, -0.05) is 6.58 Å². The minimum Gasteiger partial charge on any atom is -0.425 e. The van der Waals surface area contributed by atoms with Crippen LogP contribution < -0.4 is 0 Å². The van der Waals surface area contributed by atoms with Crippen LogP contribution in [0.4, 0.5) is 0 Å². The van der Waals surface area contributed by atoms with Crippen molar-refractivity contribution in [2.75, 3.05) is 24.1 Å². The Morgan fingerprint density at radius 3 is 2.41 bits per heavy atom. The van der Waals surface area contributed by atoms with E-state index in [4.69, 9.17) is 4.74 Å². The molecule has 0 amide bonds. The van der Waals surface area contributed by atoms with Gasteiger partial charge in [0.2, 0.25) is 12.5 Å². The molecule has 4 nitrogen and oxygen atoms in total. The van der Waals surface area contributed by atoms with Crippen molar-refractivity contribution in [3.8, 4) is 0 Å². The maximum atomic E-state index is 11.4. The highest BCUT2D eigenvalue weighted by Gasteiger charge is 2.25. The van der Waals surface area contributed by atoms with Gasteiger partial charge in [-0.25, -0.2) is 9.59 Å². The molecule has 0 radical (unpaired) electrons. The molecule has 0 aromatic rings. The largest absolute Gasteiger partial charge is 0.425 e. The van der Waals surface area contributed by atoms with Gasteiger partial charge in [0.25, 0.3) is 0 Å². The molecule has 1 aliphatic rings. The summed E-state index contributed by atoms with van der Waals surface area (Å²) in [4.78, 5) is 22.4. The van der Waals surface area contributed by atoms with Crippen LogP contribution in [-0.2, 0) is 30.0 Å². The van der Waals surface area contributed by atoms with E-state index in [1.54, 1.807) is 6.92 Å². The zero-order chi connectivity index (χ0) is 12.7. The first-order valence-electron chi connectivity index (χ1n) is 5.72. The first-order chi connectivity index (χ1) is 8.09. The molecule has 17 heavy (non-hydrogen) atoms. The molecule has 0 aliphatic carbocycles. The number of carbonyl (C=O) groups is 2. The van der Waals surface area contributed by atoms with Crippen LogP contribution >= 0.6 is 0 Å². The maximum Gasteiger partial charge on any atom is 0.359 e. The first kappa shape index (κ1) is 14.1. The highest BCUT2D eigenvalue weighted by molar-refractivity contribution is 7.97. The predicted molar refractivity (Wildman–Crippen MR) is 67.7 cm³/mol. The van der Waals surface area contributed by atoms with Crippen molar-refractivity contribution in [2.24, 2.45) is 0 Å². The minimum atomic E-state index is -0.530. The summed E-state index contributed by atoms with van der Waals surface area (Å²) in [5.41, 5.74) is 0.301. The molecule has 96 valence electrons. The third kappa shape index (κ3) is 5.77. The molecule has 1 heterocycles. The van der Waals surface area contributed by atoms with E-state index in [0.29, 0.717) is 11.3 Å². The van der Waals surface area contributed by atoms with Crippen LogP contribution in [0.25, 0.3) is 0 Å². The fourth-order valence-electron chi connectivity index (χ4n) is 1.52. The Balaban J connectivity index is 2.12. The van der Waals surface area contributed by atoms with Gasteiger partial charge in [-0.2, -0.15) is 0 Å². The monoisotopic (exact) mass is 259 g/mol. The lowest BCUT2D eigenvalue weighted by molar-refractivity contribution is -0.162. The second-order valence-corrected chi connectivity index (χ2v) is 6.40. The number of ether oxygens (including phenoxy) is 2. The van der Waals surface area contributed by atoms with E-state index < -0.39 is 5.97 Å². The van der Waals surface area contributed by atoms with Gasteiger partial charge in [0.05, 0.1) is 0 Å². The molecule has 5 heteroatoms. The zero-order valence-corrected chi connectivity index (χ0v) is 11.0. The molecule has 0 bridgehead atoms. The Morgan fingerprint density at radius 1 is 1.18 bits per heavy atom. The molecule has 1 aliphatic heterocycles. The van der Waals surface area contributed by atoms with E-state index in [1.807, 2.05) is 0 Å². The smallest absolute Gasteiger partial charge is 0.359 e. The summed E-state index contributed by atoms with van der Waals surface area (Å²) in [7, 11) is 0.170. The van der Waals surface area contributed by atoms with Crippen molar-refractivity contribution in [2.45, 2.75) is 26.2 Å². The number of hydrogen-bond donors (Lipinski definition) is 0. The van der Waals surface area contributed by atoms with Gasteiger partial charge in [-0.3, -0.25) is 0 Å². The normalized spacial score (nSPS) is 16.3. The highest BCUT2D eigenvalue weighted by Crippen LogP contribution is 2.13. The molecule has 1 rings (SSSR count). The fourth-order valence-corrected chi connectivity index (χ4v) is 3.65. The van der Waals surface area contributed by atoms with Gasteiger partial charge in [0, 0.05) is 5.57 Å². The van der Waals surface area contributed by atoms with Gasteiger partial charge in [0.1, 0.15) is 11.5 Å².